The first-order valence-corrected chi connectivity index (χ1v) is 12.2. The number of carbonyl (C=O) groups is 3. The van der Waals surface area contributed by atoms with Crippen LogP contribution in [0.4, 0.5) is 5.69 Å². The zero-order valence-corrected chi connectivity index (χ0v) is 21.2. The Bertz CT molecular complexity index is 1270. The minimum Gasteiger partial charge on any atom is -0.457 e. The summed E-state index contributed by atoms with van der Waals surface area (Å²) < 4.78 is 11.3. The molecular weight excluding hydrogens is 478 g/mol. The van der Waals surface area contributed by atoms with E-state index in [9.17, 15) is 14.4 Å². The lowest BCUT2D eigenvalue weighted by Crippen LogP contribution is -2.27. The highest BCUT2D eigenvalue weighted by molar-refractivity contribution is 6.30. The fourth-order valence-electron chi connectivity index (χ4n) is 4.12. The molecule has 0 bridgehead atoms. The van der Waals surface area contributed by atoms with Gasteiger partial charge in [-0.15, -0.1) is 0 Å². The summed E-state index contributed by atoms with van der Waals surface area (Å²) in [6, 6.07) is 19.7. The van der Waals surface area contributed by atoms with E-state index in [0.717, 1.165) is 16.9 Å². The molecular formula is C29H28ClNO5. The number of esters is 1. The second-order valence-corrected chi connectivity index (χ2v) is 9.67. The summed E-state index contributed by atoms with van der Waals surface area (Å²) in [7, 11) is 0. The van der Waals surface area contributed by atoms with Gasteiger partial charge >= 0.3 is 5.97 Å². The Balaban J connectivity index is 1.36. The fourth-order valence-corrected chi connectivity index (χ4v) is 4.24. The minimum absolute atomic E-state index is 0.0350. The van der Waals surface area contributed by atoms with Crippen LogP contribution in [0.2, 0.25) is 5.02 Å². The van der Waals surface area contributed by atoms with Gasteiger partial charge in [0, 0.05) is 29.2 Å². The number of aryl methyl sites for hydroxylation is 1. The quantitative estimate of drug-likeness (QED) is 0.264. The minimum atomic E-state index is -0.632. The highest BCUT2D eigenvalue weighted by Crippen LogP contribution is 2.33. The van der Waals surface area contributed by atoms with E-state index in [1.165, 1.54) is 0 Å². The van der Waals surface area contributed by atoms with Crippen molar-refractivity contribution in [2.45, 2.75) is 33.1 Å². The molecule has 3 aromatic rings. The standard InChI is InChI=1S/C29H28ClNO5/c1-18(2)25-13-4-19(3)14-27(25)36-24-11-9-23(10-12-24)31-16-21(15-28(31)33)29(34)35-17-26(32)20-5-7-22(30)8-6-20/h4-14,18,21H,15-17H2,1-3H3/t21-/m1/s1. The van der Waals surface area contributed by atoms with Crippen LogP contribution in [-0.4, -0.2) is 30.8 Å². The molecule has 1 aliphatic heterocycles. The Morgan fingerprint density at radius 1 is 1.03 bits per heavy atom. The topological polar surface area (TPSA) is 72.9 Å². The van der Waals surface area contributed by atoms with E-state index in [2.05, 4.69) is 26.0 Å². The summed E-state index contributed by atoms with van der Waals surface area (Å²) in [5.74, 6) is 0.100. The van der Waals surface area contributed by atoms with Crippen molar-refractivity contribution in [2.24, 2.45) is 5.92 Å². The number of halogens is 1. The predicted molar refractivity (Wildman–Crippen MR) is 139 cm³/mol. The van der Waals surface area contributed by atoms with Gasteiger partial charge in [-0.2, -0.15) is 0 Å². The number of Topliss-reactive ketones (excluding diaryl/α,β-unsaturated/α-hetero) is 1. The van der Waals surface area contributed by atoms with Crippen molar-refractivity contribution in [3.8, 4) is 11.5 Å². The molecule has 0 spiro atoms. The molecule has 1 atom stereocenters. The highest BCUT2D eigenvalue weighted by Gasteiger charge is 2.36. The molecule has 186 valence electrons. The average molecular weight is 506 g/mol. The molecule has 1 saturated heterocycles. The van der Waals surface area contributed by atoms with Crippen molar-refractivity contribution < 1.29 is 23.9 Å². The van der Waals surface area contributed by atoms with Crippen LogP contribution in [0.5, 0.6) is 11.5 Å². The van der Waals surface area contributed by atoms with Gasteiger partial charge < -0.3 is 14.4 Å². The first kappa shape index (κ1) is 25.5. The third kappa shape index (κ3) is 5.94. The molecule has 4 rings (SSSR count). The zero-order valence-electron chi connectivity index (χ0n) is 20.5. The number of rotatable bonds is 8. The largest absolute Gasteiger partial charge is 0.457 e. The lowest BCUT2D eigenvalue weighted by molar-refractivity contribution is -0.147. The van der Waals surface area contributed by atoms with E-state index >= 15 is 0 Å². The van der Waals surface area contributed by atoms with Gasteiger partial charge in [0.1, 0.15) is 11.5 Å². The Morgan fingerprint density at radius 2 is 1.72 bits per heavy atom. The summed E-state index contributed by atoms with van der Waals surface area (Å²) in [6.45, 7) is 6.08. The molecule has 0 N–H and O–H groups in total. The van der Waals surface area contributed by atoms with Gasteiger partial charge in [-0.25, -0.2) is 0 Å². The van der Waals surface area contributed by atoms with Gasteiger partial charge in [0.05, 0.1) is 5.92 Å². The van der Waals surface area contributed by atoms with Crippen molar-refractivity contribution in [3.05, 3.63) is 88.4 Å². The number of hydrogen-bond donors (Lipinski definition) is 0. The van der Waals surface area contributed by atoms with Crippen molar-refractivity contribution in [3.63, 3.8) is 0 Å². The summed E-state index contributed by atoms with van der Waals surface area (Å²) in [5.41, 5.74) is 3.31. The summed E-state index contributed by atoms with van der Waals surface area (Å²) in [6.07, 6.45) is 0.0350. The first-order valence-electron chi connectivity index (χ1n) is 11.9. The number of amides is 1. The van der Waals surface area contributed by atoms with Gasteiger partial charge in [-0.1, -0.05) is 37.6 Å². The van der Waals surface area contributed by atoms with Crippen molar-refractivity contribution in [2.75, 3.05) is 18.1 Å². The molecule has 36 heavy (non-hydrogen) atoms. The summed E-state index contributed by atoms with van der Waals surface area (Å²) >= 11 is 5.84. The molecule has 7 heteroatoms. The molecule has 3 aromatic carbocycles. The molecule has 1 amide bonds. The molecule has 0 unspecified atom stereocenters. The SMILES string of the molecule is Cc1ccc(C(C)C)c(Oc2ccc(N3C[C@H](C(=O)OCC(=O)c4ccc(Cl)cc4)CC3=O)cc2)c1. The van der Waals surface area contributed by atoms with Crippen LogP contribution < -0.4 is 9.64 Å². The lowest BCUT2D eigenvalue weighted by Gasteiger charge is -2.18. The van der Waals surface area contributed by atoms with Crippen LogP contribution in [0, 0.1) is 12.8 Å². The Kier molecular flexibility index (Phi) is 7.75. The molecule has 0 saturated carbocycles. The maximum atomic E-state index is 12.6. The average Bonchev–Trinajstić information content (AvgIpc) is 3.24. The monoisotopic (exact) mass is 505 g/mol. The van der Waals surface area contributed by atoms with Gasteiger partial charge in [-0.05, 0) is 78.6 Å². The number of anilines is 1. The molecule has 0 aromatic heterocycles. The van der Waals surface area contributed by atoms with E-state index in [-0.39, 0.29) is 31.3 Å². The number of nitrogens with zero attached hydrogens (tertiary/aromatic N) is 1. The van der Waals surface area contributed by atoms with Crippen LogP contribution in [0.25, 0.3) is 0 Å². The Morgan fingerprint density at radius 3 is 2.39 bits per heavy atom. The number of hydrogen-bond acceptors (Lipinski definition) is 5. The zero-order chi connectivity index (χ0) is 25.8. The number of benzene rings is 3. The highest BCUT2D eigenvalue weighted by atomic mass is 35.5. The molecule has 0 aliphatic carbocycles. The van der Waals surface area contributed by atoms with Gasteiger partial charge in [0.25, 0.3) is 0 Å². The molecule has 1 heterocycles. The maximum Gasteiger partial charge on any atom is 0.311 e. The van der Waals surface area contributed by atoms with Crippen LogP contribution in [0.3, 0.4) is 0 Å². The van der Waals surface area contributed by atoms with Crippen molar-refractivity contribution in [1.82, 2.24) is 0 Å². The summed E-state index contributed by atoms with van der Waals surface area (Å²) in [5, 5.41) is 0.517. The Labute approximate surface area is 215 Å². The van der Waals surface area contributed by atoms with Gasteiger partial charge in [0.15, 0.2) is 12.4 Å². The lowest BCUT2D eigenvalue weighted by atomic mass is 10.0. The third-order valence-electron chi connectivity index (χ3n) is 6.14. The van der Waals surface area contributed by atoms with Crippen LogP contribution >= 0.6 is 11.6 Å². The predicted octanol–water partition coefficient (Wildman–Crippen LogP) is 6.34. The van der Waals surface area contributed by atoms with Crippen molar-refractivity contribution in [1.29, 1.82) is 0 Å². The molecule has 6 nitrogen and oxygen atoms in total. The van der Waals surface area contributed by atoms with Gasteiger partial charge in [-0.3, -0.25) is 14.4 Å². The van der Waals surface area contributed by atoms with E-state index in [4.69, 9.17) is 21.1 Å². The van der Waals surface area contributed by atoms with Crippen LogP contribution in [0.15, 0.2) is 66.7 Å². The van der Waals surface area contributed by atoms with Crippen LogP contribution in [0.1, 0.15) is 47.7 Å². The second-order valence-electron chi connectivity index (χ2n) is 9.24. The van der Waals surface area contributed by atoms with Gasteiger partial charge in [0.2, 0.25) is 5.91 Å². The van der Waals surface area contributed by atoms with E-state index < -0.39 is 11.9 Å². The van der Waals surface area contributed by atoms with Crippen molar-refractivity contribution >= 4 is 34.9 Å². The smallest absolute Gasteiger partial charge is 0.311 e. The molecule has 1 fully saturated rings. The summed E-state index contributed by atoms with van der Waals surface area (Å²) in [4.78, 5) is 39.0. The van der Waals surface area contributed by atoms with E-state index in [1.807, 2.05) is 25.1 Å². The normalized spacial score (nSPS) is 15.3. The van der Waals surface area contributed by atoms with E-state index in [1.54, 1.807) is 41.3 Å². The first-order chi connectivity index (χ1) is 17.2. The number of carbonyl (C=O) groups excluding carboxylic acids is 3. The Hall–Kier alpha value is -3.64. The van der Waals surface area contributed by atoms with Crippen LogP contribution in [-0.2, 0) is 14.3 Å². The maximum absolute atomic E-state index is 12.6. The fraction of sp³-hybridized carbons (Fsp3) is 0.276. The number of ketones is 1. The molecule has 0 radical (unpaired) electrons. The third-order valence-corrected chi connectivity index (χ3v) is 6.39. The molecule has 1 aliphatic rings. The van der Waals surface area contributed by atoms with E-state index in [0.29, 0.717) is 27.9 Å². The second kappa shape index (κ2) is 11.0. The number of ether oxygens (including phenoxy) is 2.